The standard InChI is InChI=1S/C4H10O.2H3N.H2O/c1-2-3-4-5;;;/h5H,2-4H2,1H3;2*1H3;1H2. The third-order valence-electron chi connectivity index (χ3n) is 0.512. The molecule has 0 spiro atoms. The van der Waals surface area contributed by atoms with Gasteiger partial charge in [0.25, 0.3) is 0 Å². The molecule has 0 amide bonds. The Labute approximate surface area is 50.4 Å². The molecule has 0 aromatic rings. The van der Waals surface area contributed by atoms with Crippen LogP contribution in [0.5, 0.6) is 0 Å². The summed E-state index contributed by atoms with van der Waals surface area (Å²) >= 11 is 0. The van der Waals surface area contributed by atoms with Gasteiger partial charge < -0.3 is 22.9 Å². The molecule has 0 saturated heterocycles. The van der Waals surface area contributed by atoms with E-state index in [4.69, 9.17) is 5.11 Å². The first kappa shape index (κ1) is 24.9. The fourth-order valence-electron chi connectivity index (χ4n) is 0.158. The lowest BCUT2D eigenvalue weighted by Crippen LogP contribution is -1.75. The fraction of sp³-hybridized carbons (Fsp3) is 1.00. The van der Waals surface area contributed by atoms with Crippen LogP contribution in [-0.4, -0.2) is 17.2 Å². The van der Waals surface area contributed by atoms with E-state index >= 15 is 0 Å². The van der Waals surface area contributed by atoms with E-state index < -0.39 is 0 Å². The second kappa shape index (κ2) is 28.9. The average molecular weight is 126 g/mol. The van der Waals surface area contributed by atoms with Gasteiger partial charge in [0.1, 0.15) is 0 Å². The van der Waals surface area contributed by atoms with E-state index in [9.17, 15) is 0 Å². The number of unbranched alkanes of at least 4 members (excludes halogenated alkanes) is 1. The Hall–Kier alpha value is -0.160. The predicted octanol–water partition coefficient (Wildman–Crippen LogP) is 0.278. The first-order chi connectivity index (χ1) is 2.41. The highest BCUT2D eigenvalue weighted by Gasteiger charge is 1.69. The molecule has 0 aliphatic carbocycles. The van der Waals surface area contributed by atoms with Gasteiger partial charge in [0.05, 0.1) is 0 Å². The van der Waals surface area contributed by atoms with Gasteiger partial charge in [-0.1, -0.05) is 13.3 Å². The Morgan fingerprint density at radius 3 is 1.62 bits per heavy atom. The summed E-state index contributed by atoms with van der Waals surface area (Å²) < 4.78 is 0. The molecule has 4 heteroatoms. The number of hydrogen-bond acceptors (Lipinski definition) is 3. The number of aliphatic hydroxyl groups is 1. The lowest BCUT2D eigenvalue weighted by atomic mass is 10.4. The lowest BCUT2D eigenvalue weighted by molar-refractivity contribution is 0.287. The third kappa shape index (κ3) is 40.4. The summed E-state index contributed by atoms with van der Waals surface area (Å²) in [5.74, 6) is 0. The summed E-state index contributed by atoms with van der Waals surface area (Å²) in [7, 11) is 0. The second-order valence-electron chi connectivity index (χ2n) is 1.08. The van der Waals surface area contributed by atoms with Crippen molar-refractivity contribution in [2.24, 2.45) is 0 Å². The van der Waals surface area contributed by atoms with Gasteiger partial charge in [-0.15, -0.1) is 0 Å². The van der Waals surface area contributed by atoms with Crippen LogP contribution in [0.4, 0.5) is 0 Å². The zero-order valence-electron chi connectivity index (χ0n) is 5.48. The summed E-state index contributed by atoms with van der Waals surface area (Å²) in [5.41, 5.74) is 0. The van der Waals surface area contributed by atoms with E-state index in [-0.39, 0.29) is 17.8 Å². The normalized spacial score (nSPS) is 5.25. The molecule has 0 heterocycles. The average Bonchev–Trinajstić information content (AvgIpc) is 1.41. The molecule has 0 radical (unpaired) electrons. The number of hydrogen-bond donors (Lipinski definition) is 3. The molecular weight excluding hydrogens is 108 g/mol. The van der Waals surface area contributed by atoms with Crippen LogP contribution in [0.2, 0.25) is 0 Å². The van der Waals surface area contributed by atoms with Gasteiger partial charge in [-0.3, -0.25) is 0 Å². The van der Waals surface area contributed by atoms with E-state index in [1.807, 2.05) is 0 Å². The van der Waals surface area contributed by atoms with Crippen LogP contribution in [0.1, 0.15) is 19.8 Å². The summed E-state index contributed by atoms with van der Waals surface area (Å²) in [5, 5.41) is 8.07. The molecule has 0 unspecified atom stereocenters. The molecule has 9 N–H and O–H groups in total. The summed E-state index contributed by atoms with van der Waals surface area (Å²) in [6, 6.07) is 0. The van der Waals surface area contributed by atoms with Gasteiger partial charge in [0.15, 0.2) is 0 Å². The maximum atomic E-state index is 8.07. The van der Waals surface area contributed by atoms with Gasteiger partial charge in [0, 0.05) is 6.61 Å². The third-order valence-corrected chi connectivity index (χ3v) is 0.512. The van der Waals surface area contributed by atoms with Gasteiger partial charge in [-0.25, -0.2) is 0 Å². The zero-order chi connectivity index (χ0) is 4.12. The summed E-state index contributed by atoms with van der Waals surface area (Å²) in [4.78, 5) is 0. The topological polar surface area (TPSA) is 122 Å². The van der Waals surface area contributed by atoms with E-state index in [0.717, 1.165) is 12.8 Å². The Morgan fingerprint density at radius 1 is 1.25 bits per heavy atom. The maximum Gasteiger partial charge on any atom is 0.0430 e. The molecule has 0 fully saturated rings. The van der Waals surface area contributed by atoms with E-state index in [0.29, 0.717) is 6.61 Å². The number of aliphatic hydroxyl groups excluding tert-OH is 1. The predicted molar refractivity (Wildman–Crippen MR) is 35.7 cm³/mol. The molecule has 0 aliphatic heterocycles. The van der Waals surface area contributed by atoms with Crippen molar-refractivity contribution in [1.29, 1.82) is 0 Å². The Bertz CT molecular complexity index is 19.5. The van der Waals surface area contributed by atoms with Crippen LogP contribution >= 0.6 is 0 Å². The largest absolute Gasteiger partial charge is 0.412 e. The van der Waals surface area contributed by atoms with Crippen LogP contribution < -0.4 is 12.3 Å². The Balaban J connectivity index is -0.0000000267. The van der Waals surface area contributed by atoms with Crippen LogP contribution in [0.25, 0.3) is 0 Å². The molecular formula is C4H18N2O2. The zero-order valence-corrected chi connectivity index (χ0v) is 5.48. The quantitative estimate of drug-likeness (QED) is 0.492. The molecule has 8 heavy (non-hydrogen) atoms. The van der Waals surface area contributed by atoms with E-state index in [2.05, 4.69) is 6.92 Å². The van der Waals surface area contributed by atoms with E-state index in [1.54, 1.807) is 0 Å². The molecule has 0 atom stereocenters. The first-order valence-corrected chi connectivity index (χ1v) is 2.02. The monoisotopic (exact) mass is 126 g/mol. The number of rotatable bonds is 2. The van der Waals surface area contributed by atoms with Gasteiger partial charge in [-0.05, 0) is 6.42 Å². The van der Waals surface area contributed by atoms with Gasteiger partial charge in [0.2, 0.25) is 0 Å². The van der Waals surface area contributed by atoms with Gasteiger partial charge >= 0.3 is 0 Å². The smallest absolute Gasteiger partial charge is 0.0430 e. The highest BCUT2D eigenvalue weighted by Crippen LogP contribution is 1.78. The van der Waals surface area contributed by atoms with Crippen molar-refractivity contribution in [1.82, 2.24) is 12.3 Å². The molecule has 0 aromatic heterocycles. The Kier molecular flexibility index (Phi) is 89.9. The van der Waals surface area contributed by atoms with Gasteiger partial charge in [-0.2, -0.15) is 0 Å². The highest BCUT2D eigenvalue weighted by atomic mass is 16.2. The van der Waals surface area contributed by atoms with Crippen LogP contribution in [0.3, 0.4) is 0 Å². The summed E-state index contributed by atoms with van der Waals surface area (Å²) in [6.45, 7) is 2.40. The molecule has 56 valence electrons. The van der Waals surface area contributed by atoms with Crippen LogP contribution in [0, 0.1) is 0 Å². The fourth-order valence-corrected chi connectivity index (χ4v) is 0.158. The molecule has 0 rings (SSSR count). The summed E-state index contributed by atoms with van der Waals surface area (Å²) in [6.07, 6.45) is 2.04. The van der Waals surface area contributed by atoms with Crippen molar-refractivity contribution in [2.75, 3.05) is 6.61 Å². The molecule has 0 saturated carbocycles. The SMILES string of the molecule is CCCCO.N.N.O. The van der Waals surface area contributed by atoms with E-state index in [1.165, 1.54) is 0 Å². The van der Waals surface area contributed by atoms with Crippen LogP contribution in [-0.2, 0) is 0 Å². The minimum absolute atomic E-state index is 0. The molecule has 0 bridgehead atoms. The Morgan fingerprint density at radius 2 is 1.62 bits per heavy atom. The minimum Gasteiger partial charge on any atom is -0.412 e. The van der Waals surface area contributed by atoms with Crippen molar-refractivity contribution in [2.45, 2.75) is 19.8 Å². The van der Waals surface area contributed by atoms with Crippen molar-refractivity contribution in [3.8, 4) is 0 Å². The van der Waals surface area contributed by atoms with Crippen molar-refractivity contribution < 1.29 is 10.6 Å². The first-order valence-electron chi connectivity index (χ1n) is 2.02. The minimum atomic E-state index is 0. The molecule has 0 aromatic carbocycles. The van der Waals surface area contributed by atoms with Crippen molar-refractivity contribution in [3.05, 3.63) is 0 Å². The molecule has 4 nitrogen and oxygen atoms in total. The second-order valence-corrected chi connectivity index (χ2v) is 1.08. The lowest BCUT2D eigenvalue weighted by Gasteiger charge is -1.79. The maximum absolute atomic E-state index is 8.07. The van der Waals surface area contributed by atoms with Crippen LogP contribution in [0.15, 0.2) is 0 Å². The van der Waals surface area contributed by atoms with Crippen molar-refractivity contribution in [3.63, 3.8) is 0 Å². The highest BCUT2D eigenvalue weighted by molar-refractivity contribution is 4.23. The van der Waals surface area contributed by atoms with Crippen molar-refractivity contribution >= 4 is 0 Å². The molecule has 0 aliphatic rings.